The molecule has 0 unspecified atom stereocenters. The Morgan fingerprint density at radius 3 is 2.74 bits per heavy atom. The van der Waals surface area contributed by atoms with Gasteiger partial charge in [-0.05, 0) is 29.5 Å². The maximum Gasteiger partial charge on any atom is 0.360 e. The molecule has 3 aromatic rings. The second-order valence-corrected chi connectivity index (χ2v) is 5.20. The normalized spacial score (nSPS) is 11.6. The van der Waals surface area contributed by atoms with E-state index in [1.165, 1.54) is 24.5 Å². The summed E-state index contributed by atoms with van der Waals surface area (Å²) in [5.41, 5.74) is 1.01. The Kier molecular flexibility index (Phi) is 2.64. The van der Waals surface area contributed by atoms with Gasteiger partial charge in [-0.2, -0.15) is 8.42 Å². The Morgan fingerprint density at radius 1 is 1.11 bits per heavy atom. The summed E-state index contributed by atoms with van der Waals surface area (Å²) in [6.45, 7) is 0. The van der Waals surface area contributed by atoms with Gasteiger partial charge in [0.05, 0.1) is 0 Å². The van der Waals surface area contributed by atoms with E-state index in [0.29, 0.717) is 11.0 Å². The third-order valence-corrected chi connectivity index (χ3v) is 3.57. The number of rotatable bonds is 3. The molecular weight excluding hydrogens is 268 g/mol. The second-order valence-electron chi connectivity index (χ2n) is 3.67. The Labute approximate surface area is 108 Å². The van der Waals surface area contributed by atoms with Crippen LogP contribution in [0.4, 0.5) is 0 Å². The zero-order valence-corrected chi connectivity index (χ0v) is 10.4. The minimum absolute atomic E-state index is 0.0467. The molecular formula is C11H8N4O3S. The molecule has 0 aliphatic heterocycles. The Hall–Kier alpha value is -2.48. The van der Waals surface area contributed by atoms with Crippen molar-refractivity contribution in [2.45, 2.75) is 4.90 Å². The van der Waals surface area contributed by atoms with Gasteiger partial charge in [-0.1, -0.05) is 17.0 Å². The molecule has 96 valence electrons. The summed E-state index contributed by atoms with van der Waals surface area (Å²) in [6, 6.07) is 9.78. The molecule has 0 N–H and O–H groups in total. The minimum Gasteiger partial charge on any atom is -0.264 e. The van der Waals surface area contributed by atoms with Crippen molar-refractivity contribution in [3.05, 3.63) is 48.8 Å². The Balaban J connectivity index is 2.02. The fraction of sp³-hybridized carbons (Fsp3) is 0. The number of fused-ring (bicyclic) bond motifs is 1. The molecule has 0 atom stereocenters. The lowest BCUT2D eigenvalue weighted by Gasteiger charge is -2.04. The van der Waals surface area contributed by atoms with Crippen LogP contribution >= 0.6 is 0 Å². The number of pyridine rings is 1. The first kappa shape index (κ1) is 11.6. The van der Waals surface area contributed by atoms with Gasteiger partial charge in [-0.15, -0.1) is 5.10 Å². The fourth-order valence-electron chi connectivity index (χ4n) is 1.53. The second kappa shape index (κ2) is 4.32. The molecule has 0 bridgehead atoms. The predicted molar refractivity (Wildman–Crippen MR) is 65.5 cm³/mol. The zero-order chi connectivity index (χ0) is 13.3. The molecule has 1 aromatic carbocycles. The van der Waals surface area contributed by atoms with Crippen molar-refractivity contribution in [1.82, 2.24) is 20.1 Å². The molecule has 3 rings (SSSR count). The van der Waals surface area contributed by atoms with E-state index in [1.807, 2.05) is 0 Å². The van der Waals surface area contributed by atoms with Crippen LogP contribution in [-0.2, 0) is 10.1 Å². The summed E-state index contributed by atoms with van der Waals surface area (Å²) in [7, 11) is -3.98. The highest BCUT2D eigenvalue weighted by Gasteiger charge is 2.19. The predicted octanol–water partition coefficient (Wildman–Crippen LogP) is 0.644. The third-order valence-electron chi connectivity index (χ3n) is 2.41. The molecule has 0 saturated carbocycles. The lowest BCUT2D eigenvalue weighted by molar-refractivity contribution is 0.244. The van der Waals surface area contributed by atoms with E-state index in [0.717, 1.165) is 4.85 Å². The van der Waals surface area contributed by atoms with Gasteiger partial charge in [-0.3, -0.25) is 9.27 Å². The van der Waals surface area contributed by atoms with E-state index in [4.69, 9.17) is 4.28 Å². The molecule has 19 heavy (non-hydrogen) atoms. The van der Waals surface area contributed by atoms with Gasteiger partial charge in [0.15, 0.2) is 0 Å². The van der Waals surface area contributed by atoms with E-state index < -0.39 is 10.1 Å². The minimum atomic E-state index is -3.98. The average Bonchev–Trinajstić information content (AvgIpc) is 2.83. The van der Waals surface area contributed by atoms with Gasteiger partial charge in [0.1, 0.15) is 15.9 Å². The van der Waals surface area contributed by atoms with Gasteiger partial charge >= 0.3 is 10.1 Å². The molecule has 0 radical (unpaired) electrons. The van der Waals surface area contributed by atoms with E-state index in [9.17, 15) is 8.42 Å². The summed E-state index contributed by atoms with van der Waals surface area (Å²) in [4.78, 5) is 4.56. The van der Waals surface area contributed by atoms with Crippen LogP contribution in [0.25, 0.3) is 11.0 Å². The quantitative estimate of drug-likeness (QED) is 0.697. The number of para-hydroxylation sites is 1. The van der Waals surface area contributed by atoms with Crippen molar-refractivity contribution in [2.75, 3.05) is 0 Å². The fourth-order valence-corrected chi connectivity index (χ4v) is 2.35. The van der Waals surface area contributed by atoms with E-state index in [1.54, 1.807) is 24.3 Å². The SMILES string of the molecule is O=S(=O)(On1nnc2ccccc21)c1cccnc1. The van der Waals surface area contributed by atoms with Crippen LogP contribution in [0.1, 0.15) is 0 Å². The Morgan fingerprint density at radius 2 is 1.95 bits per heavy atom. The van der Waals surface area contributed by atoms with Gasteiger partial charge in [0, 0.05) is 12.4 Å². The topological polar surface area (TPSA) is 87.0 Å². The van der Waals surface area contributed by atoms with Gasteiger partial charge in [0.25, 0.3) is 0 Å². The summed E-state index contributed by atoms with van der Waals surface area (Å²) in [5.74, 6) is 0. The van der Waals surface area contributed by atoms with Crippen molar-refractivity contribution in [3.8, 4) is 0 Å². The first-order valence-electron chi connectivity index (χ1n) is 5.32. The van der Waals surface area contributed by atoms with Crippen LogP contribution in [0.5, 0.6) is 0 Å². The molecule has 2 heterocycles. The summed E-state index contributed by atoms with van der Waals surface area (Å²) in [5, 5.41) is 7.46. The smallest absolute Gasteiger partial charge is 0.264 e. The number of aromatic nitrogens is 4. The van der Waals surface area contributed by atoms with Crippen LogP contribution in [0.2, 0.25) is 0 Å². The lowest BCUT2D eigenvalue weighted by Crippen LogP contribution is -2.21. The number of hydrogen-bond acceptors (Lipinski definition) is 6. The first-order valence-corrected chi connectivity index (χ1v) is 6.73. The monoisotopic (exact) mass is 276 g/mol. The molecule has 0 spiro atoms. The summed E-state index contributed by atoms with van der Waals surface area (Å²) < 4.78 is 28.9. The van der Waals surface area contributed by atoms with Crippen LogP contribution < -0.4 is 4.28 Å². The largest absolute Gasteiger partial charge is 0.360 e. The van der Waals surface area contributed by atoms with Crippen LogP contribution in [0.15, 0.2) is 53.7 Å². The molecule has 0 amide bonds. The molecule has 0 aliphatic carbocycles. The number of benzene rings is 1. The highest BCUT2D eigenvalue weighted by atomic mass is 32.2. The standard InChI is InChI=1S/C11H8N4O3S/c16-19(17,9-4-3-7-12-8-9)18-15-11-6-2-1-5-10(11)13-14-15/h1-8H. The van der Waals surface area contributed by atoms with Crippen molar-refractivity contribution in [2.24, 2.45) is 0 Å². The van der Waals surface area contributed by atoms with Crippen LogP contribution in [0.3, 0.4) is 0 Å². The molecule has 0 saturated heterocycles. The van der Waals surface area contributed by atoms with Crippen LogP contribution in [-0.4, -0.2) is 28.6 Å². The Bertz CT molecular complexity index is 814. The van der Waals surface area contributed by atoms with Crippen molar-refractivity contribution < 1.29 is 12.7 Å². The molecule has 8 heteroatoms. The maximum atomic E-state index is 12.0. The van der Waals surface area contributed by atoms with E-state index in [2.05, 4.69) is 15.3 Å². The average molecular weight is 276 g/mol. The lowest BCUT2D eigenvalue weighted by atomic mass is 10.3. The van der Waals surface area contributed by atoms with Gasteiger partial charge in [0.2, 0.25) is 0 Å². The van der Waals surface area contributed by atoms with Crippen molar-refractivity contribution in [3.63, 3.8) is 0 Å². The van der Waals surface area contributed by atoms with Crippen molar-refractivity contribution in [1.29, 1.82) is 0 Å². The summed E-state index contributed by atoms with van der Waals surface area (Å²) in [6.07, 6.45) is 2.68. The number of hydrogen-bond donors (Lipinski definition) is 0. The first-order chi connectivity index (χ1) is 9.17. The highest BCUT2D eigenvalue weighted by molar-refractivity contribution is 7.87. The van der Waals surface area contributed by atoms with Crippen molar-refractivity contribution >= 4 is 21.2 Å². The van der Waals surface area contributed by atoms with E-state index in [-0.39, 0.29) is 4.90 Å². The van der Waals surface area contributed by atoms with Gasteiger partial charge in [-0.25, -0.2) is 0 Å². The maximum absolute atomic E-state index is 12.0. The molecule has 0 aliphatic rings. The highest BCUT2D eigenvalue weighted by Crippen LogP contribution is 2.12. The molecule has 0 fully saturated rings. The molecule has 2 aromatic heterocycles. The van der Waals surface area contributed by atoms with Gasteiger partial charge < -0.3 is 0 Å². The zero-order valence-electron chi connectivity index (χ0n) is 9.54. The van der Waals surface area contributed by atoms with E-state index >= 15 is 0 Å². The number of nitrogens with zero attached hydrogens (tertiary/aromatic N) is 4. The summed E-state index contributed by atoms with van der Waals surface area (Å²) >= 11 is 0. The van der Waals surface area contributed by atoms with Crippen LogP contribution in [0, 0.1) is 0 Å². The third kappa shape index (κ3) is 2.13. The molecule has 7 nitrogen and oxygen atoms in total.